The molecule has 2 aromatic heterocycles. The van der Waals surface area contributed by atoms with Gasteiger partial charge >= 0.3 is 0 Å². The smallest absolute Gasteiger partial charge is 0.184 e. The van der Waals surface area contributed by atoms with Crippen LogP contribution in [0.5, 0.6) is 0 Å². The quantitative estimate of drug-likeness (QED) is 0.594. The van der Waals surface area contributed by atoms with E-state index >= 15 is 0 Å². The van der Waals surface area contributed by atoms with E-state index in [1.165, 1.54) is 26.3 Å². The molecule has 0 aliphatic rings. The molecule has 18 heavy (non-hydrogen) atoms. The first kappa shape index (κ1) is 16.7. The Morgan fingerprint density at radius 1 is 1.11 bits per heavy atom. The lowest BCUT2D eigenvalue weighted by atomic mass is 10.7. The summed E-state index contributed by atoms with van der Waals surface area (Å²) >= 11 is 11.3. The van der Waals surface area contributed by atoms with Crippen LogP contribution in [0.25, 0.3) is 0 Å². The Kier molecular flexibility index (Phi) is 6.91. The van der Waals surface area contributed by atoms with Gasteiger partial charge in [0.15, 0.2) is 9.84 Å². The van der Waals surface area contributed by atoms with E-state index in [1.807, 2.05) is 0 Å². The second-order valence-corrected chi connectivity index (χ2v) is 10.1. The summed E-state index contributed by atoms with van der Waals surface area (Å²) < 4.78 is 25.4. The third-order valence-electron chi connectivity index (χ3n) is 1.65. The van der Waals surface area contributed by atoms with Gasteiger partial charge in [0.1, 0.15) is 4.21 Å². The Morgan fingerprint density at radius 2 is 1.67 bits per heavy atom. The van der Waals surface area contributed by atoms with Crippen LogP contribution < -0.4 is 0 Å². The molecule has 2 heterocycles. The summed E-state index contributed by atoms with van der Waals surface area (Å²) in [6, 6.07) is 3.72. The van der Waals surface area contributed by atoms with E-state index in [-0.39, 0.29) is 0 Å². The van der Waals surface area contributed by atoms with E-state index in [0.29, 0.717) is 4.21 Å². The van der Waals surface area contributed by atoms with Crippen molar-refractivity contribution in [3.05, 3.63) is 31.8 Å². The van der Waals surface area contributed by atoms with E-state index in [0.717, 1.165) is 4.47 Å². The van der Waals surface area contributed by atoms with E-state index in [2.05, 4.69) is 49.6 Å². The zero-order valence-electron chi connectivity index (χ0n) is 9.51. The molecule has 2 nitrogen and oxygen atoms in total. The van der Waals surface area contributed by atoms with E-state index in [4.69, 9.17) is 0 Å². The molecule has 2 rings (SSSR count). The number of thiophene rings is 2. The molecule has 0 spiro atoms. The van der Waals surface area contributed by atoms with Crippen LogP contribution >= 0.6 is 66.3 Å². The summed E-state index contributed by atoms with van der Waals surface area (Å²) in [5, 5.41) is 3.84. The van der Waals surface area contributed by atoms with Gasteiger partial charge in [-0.15, -0.1) is 34.4 Å². The van der Waals surface area contributed by atoms with Crippen molar-refractivity contribution in [3.8, 4) is 0 Å². The average molecular weight is 450 g/mol. The predicted molar refractivity (Wildman–Crippen MR) is 88.9 cm³/mol. The lowest BCUT2D eigenvalue weighted by Gasteiger charge is -1.86. The van der Waals surface area contributed by atoms with Gasteiger partial charge < -0.3 is 0 Å². The Bertz CT molecular complexity index is 601. The summed E-state index contributed by atoms with van der Waals surface area (Å²) in [6.07, 6.45) is 3.28. The van der Waals surface area contributed by atoms with Crippen molar-refractivity contribution < 1.29 is 8.42 Å². The van der Waals surface area contributed by atoms with E-state index in [1.54, 1.807) is 34.5 Å². The Hall–Kier alpha value is 0.660. The molecule has 0 N–H and O–H groups in total. The molecule has 0 amide bonds. The van der Waals surface area contributed by atoms with Crippen LogP contribution in [0.2, 0.25) is 0 Å². The molecule has 0 aromatic carbocycles. The monoisotopic (exact) mass is 448 g/mol. The third kappa shape index (κ3) is 5.75. The number of halogens is 2. The maximum atomic E-state index is 10.8. The number of rotatable bonds is 2. The molecule has 0 unspecified atom stereocenters. The number of thioether (sulfide) groups is 1. The van der Waals surface area contributed by atoms with Crippen LogP contribution in [-0.4, -0.2) is 20.9 Å². The normalized spacial score (nSPS) is 10.9. The van der Waals surface area contributed by atoms with Crippen LogP contribution in [-0.2, 0) is 9.84 Å². The highest BCUT2D eigenvalue weighted by atomic mass is 79.9. The Balaban J connectivity index is 0.000000184. The fourth-order valence-electron chi connectivity index (χ4n) is 0.891. The zero-order chi connectivity index (χ0) is 13.8. The van der Waals surface area contributed by atoms with E-state index < -0.39 is 9.84 Å². The average Bonchev–Trinajstić information content (AvgIpc) is 2.87. The van der Waals surface area contributed by atoms with Gasteiger partial charge in [0.05, 0.1) is 4.21 Å². The first-order chi connectivity index (χ1) is 8.32. The van der Waals surface area contributed by atoms with Crippen molar-refractivity contribution in [3.63, 3.8) is 0 Å². The molecule has 2 aromatic rings. The summed E-state index contributed by atoms with van der Waals surface area (Å²) in [6.45, 7) is 0. The van der Waals surface area contributed by atoms with Gasteiger partial charge in [-0.2, -0.15) is 0 Å². The highest BCUT2D eigenvalue weighted by Crippen LogP contribution is 2.26. The minimum Gasteiger partial charge on any atom is -0.223 e. The second kappa shape index (κ2) is 7.44. The van der Waals surface area contributed by atoms with Gasteiger partial charge in [0, 0.05) is 26.0 Å². The SMILES string of the molecule is CS(=O)(=O)c1cc(Br)cs1.CSc1cc(Br)cs1. The molecule has 0 radical (unpaired) electrons. The largest absolute Gasteiger partial charge is 0.223 e. The van der Waals surface area contributed by atoms with Crippen LogP contribution in [0.15, 0.2) is 40.3 Å². The van der Waals surface area contributed by atoms with Gasteiger partial charge in [-0.1, -0.05) is 0 Å². The molecular weight excluding hydrogens is 440 g/mol. The summed E-state index contributed by atoms with van der Waals surface area (Å²) in [5.41, 5.74) is 0. The second-order valence-electron chi connectivity index (χ2n) is 3.14. The highest BCUT2D eigenvalue weighted by molar-refractivity contribution is 9.10. The minimum absolute atomic E-state index is 0.402. The summed E-state index contributed by atoms with van der Waals surface area (Å²) in [4.78, 5) is 0. The predicted octanol–water partition coefficient (Wildman–Crippen LogP) is 5.15. The van der Waals surface area contributed by atoms with Crippen LogP contribution in [0.1, 0.15) is 0 Å². The topological polar surface area (TPSA) is 34.1 Å². The van der Waals surface area contributed by atoms with Gasteiger partial charge in [-0.3, -0.25) is 0 Å². The highest BCUT2D eigenvalue weighted by Gasteiger charge is 2.08. The van der Waals surface area contributed by atoms with Gasteiger partial charge in [0.2, 0.25) is 0 Å². The van der Waals surface area contributed by atoms with Crippen molar-refractivity contribution in [1.29, 1.82) is 0 Å². The van der Waals surface area contributed by atoms with Gasteiger partial charge in [-0.25, -0.2) is 8.42 Å². The molecular formula is C10H10Br2O2S4. The Morgan fingerprint density at radius 3 is 1.89 bits per heavy atom. The van der Waals surface area contributed by atoms with Gasteiger partial charge in [-0.05, 0) is 50.2 Å². The fourth-order valence-corrected chi connectivity index (χ4v) is 5.46. The molecule has 100 valence electrons. The van der Waals surface area contributed by atoms with Crippen molar-refractivity contribution >= 4 is 76.1 Å². The van der Waals surface area contributed by atoms with Crippen molar-refractivity contribution in [2.75, 3.05) is 12.5 Å². The number of sulfone groups is 1. The summed E-state index contributed by atoms with van der Waals surface area (Å²) in [5.74, 6) is 0. The molecule has 0 fully saturated rings. The molecule has 0 saturated heterocycles. The van der Waals surface area contributed by atoms with Crippen molar-refractivity contribution in [2.45, 2.75) is 8.42 Å². The third-order valence-corrected chi connectivity index (χ3v) is 7.97. The van der Waals surface area contributed by atoms with Crippen LogP contribution in [0.3, 0.4) is 0 Å². The maximum Gasteiger partial charge on any atom is 0.184 e. The Labute approximate surface area is 136 Å². The minimum atomic E-state index is -2.99. The standard InChI is InChI=1S/C5H5BrO2S2.C5H5BrS2/c1-10(7,8)5-2-4(6)3-9-5;1-7-5-2-4(6)3-8-5/h2-3H,1H3;2-3H,1H3. The molecule has 0 aliphatic carbocycles. The van der Waals surface area contributed by atoms with Crippen molar-refractivity contribution in [1.82, 2.24) is 0 Å². The molecule has 0 atom stereocenters. The number of hydrogen-bond donors (Lipinski definition) is 0. The van der Waals surface area contributed by atoms with E-state index in [9.17, 15) is 8.42 Å². The lowest BCUT2D eigenvalue weighted by molar-refractivity contribution is 0.604. The maximum absolute atomic E-state index is 10.8. The zero-order valence-corrected chi connectivity index (χ0v) is 16.0. The number of hydrogen-bond acceptors (Lipinski definition) is 5. The molecule has 8 heteroatoms. The molecule has 0 saturated carbocycles. The summed E-state index contributed by atoms with van der Waals surface area (Å²) in [7, 11) is -2.99. The lowest BCUT2D eigenvalue weighted by Crippen LogP contribution is -1.91. The van der Waals surface area contributed by atoms with Gasteiger partial charge in [0.25, 0.3) is 0 Å². The first-order valence-electron chi connectivity index (χ1n) is 4.55. The van der Waals surface area contributed by atoms with Crippen LogP contribution in [0.4, 0.5) is 0 Å². The van der Waals surface area contributed by atoms with Crippen molar-refractivity contribution in [2.24, 2.45) is 0 Å². The molecule has 0 aliphatic heterocycles. The molecule has 0 bridgehead atoms. The first-order valence-corrected chi connectivity index (χ1v) is 11.0. The van der Waals surface area contributed by atoms with Crippen LogP contribution in [0, 0.1) is 0 Å². The fraction of sp³-hybridized carbons (Fsp3) is 0.200.